The number of nitrogens with two attached hydrogens (primary N) is 1. The third-order valence-corrected chi connectivity index (χ3v) is 3.25. The largest absolute Gasteiger partial charge is 0.573 e. The van der Waals surface area contributed by atoms with Gasteiger partial charge < -0.3 is 19.9 Å². The van der Waals surface area contributed by atoms with E-state index in [1.807, 2.05) is 0 Å². The van der Waals surface area contributed by atoms with Gasteiger partial charge in [0, 0.05) is 11.6 Å². The number of halogens is 3. The Labute approximate surface area is 131 Å². The van der Waals surface area contributed by atoms with Gasteiger partial charge in [-0.25, -0.2) is 0 Å². The molecule has 0 aliphatic rings. The van der Waals surface area contributed by atoms with Crippen molar-refractivity contribution < 1.29 is 27.4 Å². The van der Waals surface area contributed by atoms with Crippen molar-refractivity contribution in [1.29, 1.82) is 0 Å². The highest BCUT2D eigenvalue weighted by molar-refractivity contribution is 5.46. The molecule has 2 rings (SSSR count). The number of rotatable bonds is 5. The number of methoxy groups -OCH3 is 2. The predicted molar refractivity (Wildman–Crippen MR) is 78.7 cm³/mol. The first-order chi connectivity index (χ1) is 10.8. The van der Waals surface area contributed by atoms with Crippen LogP contribution in [-0.4, -0.2) is 20.6 Å². The van der Waals surface area contributed by atoms with Gasteiger partial charge in [-0.2, -0.15) is 0 Å². The summed E-state index contributed by atoms with van der Waals surface area (Å²) < 4.78 is 50.7. The number of benzene rings is 2. The van der Waals surface area contributed by atoms with E-state index in [-0.39, 0.29) is 5.75 Å². The summed E-state index contributed by atoms with van der Waals surface area (Å²) in [4.78, 5) is 0. The van der Waals surface area contributed by atoms with Crippen LogP contribution in [-0.2, 0) is 0 Å². The van der Waals surface area contributed by atoms with Gasteiger partial charge in [0.25, 0.3) is 0 Å². The van der Waals surface area contributed by atoms with Gasteiger partial charge in [0.05, 0.1) is 20.3 Å². The van der Waals surface area contributed by atoms with Crippen LogP contribution in [0.4, 0.5) is 13.2 Å². The van der Waals surface area contributed by atoms with E-state index in [2.05, 4.69) is 4.74 Å². The summed E-state index contributed by atoms with van der Waals surface area (Å²) in [5.74, 6) is 0.856. The van der Waals surface area contributed by atoms with Crippen LogP contribution in [0.1, 0.15) is 17.2 Å². The lowest BCUT2D eigenvalue weighted by Crippen LogP contribution is -2.17. The van der Waals surface area contributed by atoms with Crippen LogP contribution in [0.2, 0.25) is 0 Å². The van der Waals surface area contributed by atoms with Gasteiger partial charge in [-0.05, 0) is 29.8 Å². The van der Waals surface area contributed by atoms with Crippen LogP contribution in [0.5, 0.6) is 17.2 Å². The molecule has 2 aromatic carbocycles. The van der Waals surface area contributed by atoms with Crippen molar-refractivity contribution >= 4 is 0 Å². The number of hydrogen-bond donors (Lipinski definition) is 1. The minimum Gasteiger partial charge on any atom is -0.497 e. The van der Waals surface area contributed by atoms with Crippen molar-refractivity contribution in [3.8, 4) is 17.2 Å². The molecule has 0 saturated heterocycles. The molecule has 0 heterocycles. The Morgan fingerprint density at radius 2 is 1.52 bits per heavy atom. The summed E-state index contributed by atoms with van der Waals surface area (Å²) in [6.45, 7) is 0. The number of alkyl halides is 3. The molecule has 23 heavy (non-hydrogen) atoms. The normalized spacial score (nSPS) is 12.6. The molecule has 0 spiro atoms. The average Bonchev–Trinajstić information content (AvgIpc) is 2.52. The second-order valence-electron chi connectivity index (χ2n) is 4.70. The van der Waals surface area contributed by atoms with Gasteiger partial charge in [0.15, 0.2) is 0 Å². The van der Waals surface area contributed by atoms with Crippen molar-refractivity contribution in [2.45, 2.75) is 12.4 Å². The van der Waals surface area contributed by atoms with Gasteiger partial charge >= 0.3 is 6.36 Å². The van der Waals surface area contributed by atoms with Crippen LogP contribution < -0.4 is 19.9 Å². The highest BCUT2D eigenvalue weighted by Gasteiger charge is 2.31. The first-order valence-electron chi connectivity index (χ1n) is 6.67. The summed E-state index contributed by atoms with van der Waals surface area (Å²) in [5.41, 5.74) is 7.50. The fraction of sp³-hybridized carbons (Fsp3) is 0.250. The van der Waals surface area contributed by atoms with Crippen molar-refractivity contribution in [3.05, 3.63) is 53.6 Å². The Hall–Kier alpha value is -2.41. The number of hydrogen-bond acceptors (Lipinski definition) is 4. The Morgan fingerprint density at radius 3 is 2.04 bits per heavy atom. The third kappa shape index (κ3) is 4.29. The average molecular weight is 327 g/mol. The monoisotopic (exact) mass is 327 g/mol. The maximum absolute atomic E-state index is 12.2. The van der Waals surface area contributed by atoms with E-state index in [4.69, 9.17) is 15.2 Å². The summed E-state index contributed by atoms with van der Waals surface area (Å²) >= 11 is 0. The minimum atomic E-state index is -4.72. The highest BCUT2D eigenvalue weighted by atomic mass is 19.4. The van der Waals surface area contributed by atoms with Crippen molar-refractivity contribution in [1.82, 2.24) is 0 Å². The van der Waals surface area contributed by atoms with Gasteiger partial charge in [-0.3, -0.25) is 0 Å². The Kier molecular flexibility index (Phi) is 5.00. The molecule has 2 N–H and O–H groups in total. The van der Waals surface area contributed by atoms with Gasteiger partial charge in [-0.1, -0.05) is 12.1 Å². The molecular weight excluding hydrogens is 311 g/mol. The molecule has 0 bridgehead atoms. The molecule has 124 valence electrons. The van der Waals surface area contributed by atoms with E-state index in [0.717, 1.165) is 0 Å². The first kappa shape index (κ1) is 17.0. The Bertz CT molecular complexity index is 657. The fourth-order valence-corrected chi connectivity index (χ4v) is 2.13. The fourth-order valence-electron chi connectivity index (χ4n) is 2.13. The second-order valence-corrected chi connectivity index (χ2v) is 4.70. The SMILES string of the molecule is COc1ccc([C@@H](N)c2ccc(OC(F)(F)F)cc2)c(OC)c1. The predicted octanol–water partition coefficient (Wildman–Crippen LogP) is 3.65. The maximum atomic E-state index is 12.2. The molecule has 4 nitrogen and oxygen atoms in total. The van der Waals surface area contributed by atoms with Crippen LogP contribution in [0.3, 0.4) is 0 Å². The zero-order chi connectivity index (χ0) is 17.0. The molecule has 0 aliphatic carbocycles. The van der Waals surface area contributed by atoms with E-state index >= 15 is 0 Å². The van der Waals surface area contributed by atoms with Crippen LogP contribution >= 0.6 is 0 Å². The summed E-state index contributed by atoms with van der Waals surface area (Å²) in [5, 5.41) is 0. The van der Waals surface area contributed by atoms with E-state index in [9.17, 15) is 13.2 Å². The Morgan fingerprint density at radius 1 is 0.913 bits per heavy atom. The van der Waals surface area contributed by atoms with Crippen molar-refractivity contribution in [2.24, 2.45) is 5.73 Å². The standard InChI is InChI=1S/C16H16F3NO3/c1-21-12-7-8-13(14(9-12)22-2)15(20)10-3-5-11(6-4-10)23-16(17,18)19/h3-9,15H,20H2,1-2H3/t15-/m0/s1. The minimum absolute atomic E-state index is 0.296. The molecule has 0 fully saturated rings. The smallest absolute Gasteiger partial charge is 0.497 e. The summed E-state index contributed by atoms with van der Waals surface area (Å²) in [6, 6.07) is 10.0. The lowest BCUT2D eigenvalue weighted by molar-refractivity contribution is -0.274. The molecule has 0 aliphatic heterocycles. The molecule has 7 heteroatoms. The highest BCUT2D eigenvalue weighted by Crippen LogP contribution is 2.32. The first-order valence-corrected chi connectivity index (χ1v) is 6.67. The zero-order valence-corrected chi connectivity index (χ0v) is 12.6. The van der Waals surface area contributed by atoms with E-state index in [1.54, 1.807) is 18.2 Å². The molecule has 0 unspecified atom stereocenters. The summed E-state index contributed by atoms with van der Waals surface area (Å²) in [6.07, 6.45) is -4.72. The van der Waals surface area contributed by atoms with Crippen LogP contribution in [0.15, 0.2) is 42.5 Å². The maximum Gasteiger partial charge on any atom is 0.573 e. The molecule has 2 aromatic rings. The quantitative estimate of drug-likeness (QED) is 0.911. The molecular formula is C16H16F3NO3. The van der Waals surface area contributed by atoms with E-state index in [0.29, 0.717) is 22.6 Å². The molecule has 0 saturated carbocycles. The Balaban J connectivity index is 2.25. The van der Waals surface area contributed by atoms with Crippen molar-refractivity contribution in [3.63, 3.8) is 0 Å². The van der Waals surface area contributed by atoms with Gasteiger partial charge in [-0.15, -0.1) is 13.2 Å². The lowest BCUT2D eigenvalue weighted by atomic mass is 9.98. The molecule has 1 atom stereocenters. The van der Waals surface area contributed by atoms with E-state index < -0.39 is 12.4 Å². The molecule has 0 radical (unpaired) electrons. The second kappa shape index (κ2) is 6.78. The van der Waals surface area contributed by atoms with Gasteiger partial charge in [0.1, 0.15) is 17.2 Å². The van der Waals surface area contributed by atoms with Gasteiger partial charge in [0.2, 0.25) is 0 Å². The third-order valence-electron chi connectivity index (χ3n) is 3.25. The number of ether oxygens (including phenoxy) is 3. The lowest BCUT2D eigenvalue weighted by Gasteiger charge is -2.17. The molecule has 0 amide bonds. The summed E-state index contributed by atoms with van der Waals surface area (Å²) in [7, 11) is 3.04. The van der Waals surface area contributed by atoms with Crippen LogP contribution in [0.25, 0.3) is 0 Å². The molecule has 0 aromatic heterocycles. The topological polar surface area (TPSA) is 53.7 Å². The van der Waals surface area contributed by atoms with Crippen LogP contribution in [0, 0.1) is 0 Å². The zero-order valence-electron chi connectivity index (χ0n) is 12.6. The van der Waals surface area contributed by atoms with E-state index in [1.165, 1.54) is 38.5 Å². The van der Waals surface area contributed by atoms with Crippen molar-refractivity contribution in [2.75, 3.05) is 14.2 Å².